The number of hydrogen-bond donors (Lipinski definition) is 0. The number of halogens is 1. The number of aromatic nitrogens is 1. The van der Waals surface area contributed by atoms with Crippen molar-refractivity contribution in [1.29, 1.82) is 0 Å². The second-order valence-corrected chi connectivity index (χ2v) is 7.00. The van der Waals surface area contributed by atoms with Gasteiger partial charge < -0.3 is 9.47 Å². The maximum absolute atomic E-state index is 13.5. The smallest absolute Gasteiger partial charge is 0.231 e. The van der Waals surface area contributed by atoms with E-state index in [4.69, 9.17) is 9.47 Å². The SMILES string of the molecule is O=C1/C(=C/c2cccc(F)c2)Oc2c1ccc1c2CN(Cc2ccccn2)CO1. The van der Waals surface area contributed by atoms with Crippen LogP contribution < -0.4 is 9.47 Å². The number of ketones is 1. The van der Waals surface area contributed by atoms with Gasteiger partial charge in [-0.05, 0) is 48.0 Å². The highest BCUT2D eigenvalue weighted by Gasteiger charge is 2.33. The molecule has 0 saturated heterocycles. The topological polar surface area (TPSA) is 51.7 Å². The zero-order valence-electron chi connectivity index (χ0n) is 15.5. The fourth-order valence-electron chi connectivity index (χ4n) is 3.57. The standard InChI is InChI=1S/C23H17FN2O3/c24-16-5-3-4-15(10-16)11-21-22(27)18-7-8-20-19(23(18)29-21)13-26(14-28-20)12-17-6-1-2-9-25-17/h1-11H,12-14H2/b21-11-. The number of allylic oxidation sites excluding steroid dienone is 1. The molecule has 3 aromatic rings. The molecule has 0 amide bonds. The van der Waals surface area contributed by atoms with Gasteiger partial charge in [-0.15, -0.1) is 0 Å². The summed E-state index contributed by atoms with van der Waals surface area (Å²) in [6.07, 6.45) is 3.32. The van der Waals surface area contributed by atoms with E-state index in [0.717, 1.165) is 11.3 Å². The van der Waals surface area contributed by atoms with Crippen LogP contribution in [0.2, 0.25) is 0 Å². The van der Waals surface area contributed by atoms with Crippen LogP contribution in [0.3, 0.4) is 0 Å². The third kappa shape index (κ3) is 3.39. The molecular formula is C23H17FN2O3. The van der Waals surface area contributed by atoms with E-state index in [9.17, 15) is 9.18 Å². The molecule has 2 aromatic carbocycles. The molecule has 0 aliphatic carbocycles. The Labute approximate surface area is 167 Å². The molecule has 5 rings (SSSR count). The van der Waals surface area contributed by atoms with Crippen LogP contribution in [0.1, 0.15) is 27.2 Å². The zero-order valence-corrected chi connectivity index (χ0v) is 15.5. The number of fused-ring (bicyclic) bond motifs is 3. The van der Waals surface area contributed by atoms with Crippen molar-refractivity contribution in [3.63, 3.8) is 0 Å². The quantitative estimate of drug-likeness (QED) is 0.630. The summed E-state index contributed by atoms with van der Waals surface area (Å²) in [5.74, 6) is 0.828. The van der Waals surface area contributed by atoms with Crippen LogP contribution in [0.25, 0.3) is 6.08 Å². The van der Waals surface area contributed by atoms with E-state index in [1.54, 1.807) is 36.5 Å². The summed E-state index contributed by atoms with van der Waals surface area (Å²) in [4.78, 5) is 19.2. The molecule has 0 radical (unpaired) electrons. The Balaban J connectivity index is 1.44. The fraction of sp³-hybridized carbons (Fsp3) is 0.130. The Morgan fingerprint density at radius 2 is 2.07 bits per heavy atom. The maximum Gasteiger partial charge on any atom is 0.231 e. The highest BCUT2D eigenvalue weighted by molar-refractivity contribution is 6.15. The normalized spacial score (nSPS) is 16.9. The van der Waals surface area contributed by atoms with Crippen LogP contribution in [-0.2, 0) is 13.1 Å². The minimum Gasteiger partial charge on any atom is -0.478 e. The molecule has 6 heteroatoms. The van der Waals surface area contributed by atoms with Gasteiger partial charge in [-0.25, -0.2) is 4.39 Å². The Morgan fingerprint density at radius 3 is 2.90 bits per heavy atom. The van der Waals surface area contributed by atoms with E-state index >= 15 is 0 Å². The van der Waals surface area contributed by atoms with Gasteiger partial charge >= 0.3 is 0 Å². The van der Waals surface area contributed by atoms with E-state index in [2.05, 4.69) is 9.88 Å². The van der Waals surface area contributed by atoms with Crippen molar-refractivity contribution in [1.82, 2.24) is 9.88 Å². The maximum atomic E-state index is 13.5. The van der Waals surface area contributed by atoms with Gasteiger partial charge in [0.05, 0.1) is 16.8 Å². The van der Waals surface area contributed by atoms with Gasteiger partial charge in [-0.3, -0.25) is 14.7 Å². The number of rotatable bonds is 3. The average molecular weight is 388 g/mol. The summed E-state index contributed by atoms with van der Waals surface area (Å²) >= 11 is 0. The van der Waals surface area contributed by atoms with Gasteiger partial charge in [0.15, 0.2) is 5.76 Å². The number of benzene rings is 2. The number of carbonyl (C=O) groups excluding carboxylic acids is 1. The molecular weight excluding hydrogens is 371 g/mol. The van der Waals surface area contributed by atoms with Gasteiger partial charge in [0.2, 0.25) is 5.78 Å². The molecule has 0 N–H and O–H groups in total. The summed E-state index contributed by atoms with van der Waals surface area (Å²) in [5, 5.41) is 0. The third-order valence-electron chi connectivity index (χ3n) is 4.94. The second kappa shape index (κ2) is 7.14. The first kappa shape index (κ1) is 17.6. The lowest BCUT2D eigenvalue weighted by Gasteiger charge is -2.29. The second-order valence-electron chi connectivity index (χ2n) is 7.00. The molecule has 0 atom stereocenters. The predicted octanol–water partition coefficient (Wildman–Crippen LogP) is 4.19. The van der Waals surface area contributed by atoms with Crippen LogP contribution >= 0.6 is 0 Å². The molecule has 1 aromatic heterocycles. The fourth-order valence-corrected chi connectivity index (χ4v) is 3.57. The minimum absolute atomic E-state index is 0.181. The summed E-state index contributed by atoms with van der Waals surface area (Å²) < 4.78 is 25.3. The van der Waals surface area contributed by atoms with Crippen molar-refractivity contribution in [2.75, 3.05) is 6.73 Å². The molecule has 29 heavy (non-hydrogen) atoms. The van der Waals surface area contributed by atoms with Gasteiger partial charge in [-0.1, -0.05) is 18.2 Å². The molecule has 144 valence electrons. The van der Waals surface area contributed by atoms with E-state index < -0.39 is 0 Å². The summed E-state index contributed by atoms with van der Waals surface area (Å²) in [6.45, 7) is 1.64. The molecule has 2 aliphatic heterocycles. The Morgan fingerprint density at radius 1 is 1.14 bits per heavy atom. The molecule has 0 saturated carbocycles. The minimum atomic E-state index is -0.363. The molecule has 2 aliphatic rings. The van der Waals surface area contributed by atoms with Gasteiger partial charge in [-0.2, -0.15) is 0 Å². The molecule has 3 heterocycles. The monoisotopic (exact) mass is 388 g/mol. The van der Waals surface area contributed by atoms with Crippen LogP contribution in [0.5, 0.6) is 11.5 Å². The Hall–Kier alpha value is -3.51. The van der Waals surface area contributed by atoms with Crippen LogP contribution in [0.4, 0.5) is 4.39 Å². The largest absolute Gasteiger partial charge is 0.478 e. The van der Waals surface area contributed by atoms with Crippen molar-refractivity contribution in [3.8, 4) is 11.5 Å². The molecule has 0 bridgehead atoms. The zero-order chi connectivity index (χ0) is 19.8. The van der Waals surface area contributed by atoms with Crippen LogP contribution in [-0.4, -0.2) is 22.4 Å². The number of carbonyl (C=O) groups is 1. The van der Waals surface area contributed by atoms with Gasteiger partial charge in [0.1, 0.15) is 24.0 Å². The Kier molecular flexibility index (Phi) is 4.33. The summed E-state index contributed by atoms with van der Waals surface area (Å²) in [7, 11) is 0. The highest BCUT2D eigenvalue weighted by Crippen LogP contribution is 2.42. The molecule has 5 nitrogen and oxygen atoms in total. The molecule has 0 spiro atoms. The van der Waals surface area contributed by atoms with Crippen molar-refractivity contribution in [2.45, 2.75) is 13.1 Å². The molecule has 0 unspecified atom stereocenters. The average Bonchev–Trinajstić information content (AvgIpc) is 3.05. The first-order valence-corrected chi connectivity index (χ1v) is 9.28. The predicted molar refractivity (Wildman–Crippen MR) is 105 cm³/mol. The first-order valence-electron chi connectivity index (χ1n) is 9.28. The number of ether oxygens (including phenoxy) is 2. The first-order chi connectivity index (χ1) is 14.2. The summed E-state index contributed by atoms with van der Waals surface area (Å²) in [5.41, 5.74) is 2.84. The van der Waals surface area contributed by atoms with E-state index in [1.807, 2.05) is 18.2 Å². The number of hydrogen-bond acceptors (Lipinski definition) is 5. The van der Waals surface area contributed by atoms with Crippen molar-refractivity contribution in [2.24, 2.45) is 0 Å². The van der Waals surface area contributed by atoms with Crippen molar-refractivity contribution >= 4 is 11.9 Å². The number of pyridine rings is 1. The van der Waals surface area contributed by atoms with E-state index in [0.29, 0.717) is 42.4 Å². The van der Waals surface area contributed by atoms with Crippen molar-refractivity contribution in [3.05, 3.63) is 94.8 Å². The number of nitrogens with zero attached hydrogens (tertiary/aromatic N) is 2. The lowest BCUT2D eigenvalue weighted by atomic mass is 10.0. The van der Waals surface area contributed by atoms with E-state index in [-0.39, 0.29) is 17.4 Å². The third-order valence-corrected chi connectivity index (χ3v) is 4.94. The lowest BCUT2D eigenvalue weighted by Crippen LogP contribution is -2.32. The van der Waals surface area contributed by atoms with Gasteiger partial charge in [0, 0.05) is 19.3 Å². The van der Waals surface area contributed by atoms with E-state index in [1.165, 1.54) is 12.1 Å². The summed E-state index contributed by atoms with van der Waals surface area (Å²) in [6, 6.07) is 15.4. The van der Waals surface area contributed by atoms with Crippen LogP contribution in [0.15, 0.2) is 66.6 Å². The van der Waals surface area contributed by atoms with Gasteiger partial charge in [0.25, 0.3) is 0 Å². The van der Waals surface area contributed by atoms with Crippen molar-refractivity contribution < 1.29 is 18.7 Å². The van der Waals surface area contributed by atoms with Crippen LogP contribution in [0, 0.1) is 5.82 Å². The Bertz CT molecular complexity index is 1130. The molecule has 0 fully saturated rings. The number of Topliss-reactive ketones (excluding diaryl/α,β-unsaturated/α-hetero) is 1. The lowest BCUT2D eigenvalue weighted by molar-refractivity contribution is 0.0861. The highest BCUT2D eigenvalue weighted by atomic mass is 19.1.